The van der Waals surface area contributed by atoms with Crippen LogP contribution in [0.15, 0.2) is 47.4 Å². The van der Waals surface area contributed by atoms with Gasteiger partial charge >= 0.3 is 12.0 Å². The Hall–Kier alpha value is -2.98. The van der Waals surface area contributed by atoms with Gasteiger partial charge in [0.25, 0.3) is 5.91 Å². The molecule has 0 saturated heterocycles. The van der Waals surface area contributed by atoms with Crippen LogP contribution in [0.4, 0.5) is 4.79 Å². The Morgan fingerprint density at radius 1 is 1.11 bits per heavy atom. The minimum absolute atomic E-state index is 0.0729. The van der Waals surface area contributed by atoms with Gasteiger partial charge in [0.1, 0.15) is 0 Å². The molecule has 0 fully saturated rings. The lowest BCUT2D eigenvalue weighted by molar-refractivity contribution is -0.154. The standard InChI is InChI=1S/C17H19N3O6S/c1-11(16(22)20-17(18)23)26-15(21)8-9-19-27(24,25)14-7-6-12-4-2-3-5-13(12)10-14/h2-7,10-11,19H,8-9H2,1H3,(H3,18,20,22,23). The van der Waals surface area contributed by atoms with Crippen molar-refractivity contribution < 1.29 is 27.5 Å². The molecule has 27 heavy (non-hydrogen) atoms. The average molecular weight is 393 g/mol. The van der Waals surface area contributed by atoms with Gasteiger partial charge in [0.15, 0.2) is 6.10 Å². The van der Waals surface area contributed by atoms with Gasteiger partial charge in [-0.3, -0.25) is 14.9 Å². The van der Waals surface area contributed by atoms with E-state index in [2.05, 4.69) is 4.72 Å². The Kier molecular flexibility index (Phi) is 6.48. The molecule has 0 aliphatic carbocycles. The fourth-order valence-corrected chi connectivity index (χ4v) is 3.30. The summed E-state index contributed by atoms with van der Waals surface area (Å²) in [6, 6.07) is 11.0. The van der Waals surface area contributed by atoms with Crippen molar-refractivity contribution in [1.29, 1.82) is 0 Å². The summed E-state index contributed by atoms with van der Waals surface area (Å²) in [5, 5.41) is 3.45. The van der Waals surface area contributed by atoms with Crippen molar-refractivity contribution in [3.63, 3.8) is 0 Å². The zero-order valence-electron chi connectivity index (χ0n) is 14.5. The highest BCUT2D eigenvalue weighted by Crippen LogP contribution is 2.18. The molecule has 3 amide bonds. The van der Waals surface area contributed by atoms with E-state index in [0.29, 0.717) is 0 Å². The first-order valence-corrected chi connectivity index (χ1v) is 9.45. The van der Waals surface area contributed by atoms with E-state index in [9.17, 15) is 22.8 Å². The second kappa shape index (κ2) is 8.60. The molecule has 0 bridgehead atoms. The molecule has 0 spiro atoms. The van der Waals surface area contributed by atoms with E-state index >= 15 is 0 Å². The van der Waals surface area contributed by atoms with Gasteiger partial charge in [-0.1, -0.05) is 30.3 Å². The number of esters is 1. The van der Waals surface area contributed by atoms with Crippen LogP contribution in [0.5, 0.6) is 0 Å². The highest BCUT2D eigenvalue weighted by molar-refractivity contribution is 7.89. The van der Waals surface area contributed by atoms with Gasteiger partial charge in [-0.05, 0) is 29.8 Å². The van der Waals surface area contributed by atoms with Crippen molar-refractivity contribution in [2.75, 3.05) is 6.54 Å². The molecule has 1 atom stereocenters. The summed E-state index contributed by atoms with van der Waals surface area (Å²) in [4.78, 5) is 33.7. The van der Waals surface area contributed by atoms with Crippen molar-refractivity contribution in [1.82, 2.24) is 10.0 Å². The smallest absolute Gasteiger partial charge is 0.318 e. The quantitative estimate of drug-likeness (QED) is 0.589. The number of rotatable bonds is 7. The molecule has 0 aromatic heterocycles. The number of nitrogens with one attached hydrogen (secondary N) is 2. The number of amides is 3. The first-order valence-electron chi connectivity index (χ1n) is 7.97. The molecule has 1 unspecified atom stereocenters. The molecule has 0 aliphatic rings. The zero-order chi connectivity index (χ0) is 20.0. The molecule has 2 rings (SSSR count). The highest BCUT2D eigenvalue weighted by Gasteiger charge is 2.20. The fourth-order valence-electron chi connectivity index (χ4n) is 2.24. The molecule has 9 nitrogen and oxygen atoms in total. The minimum Gasteiger partial charge on any atom is -0.452 e. The summed E-state index contributed by atoms with van der Waals surface area (Å²) in [6.45, 7) is 1.05. The van der Waals surface area contributed by atoms with Gasteiger partial charge in [0.2, 0.25) is 10.0 Å². The maximum absolute atomic E-state index is 12.3. The van der Waals surface area contributed by atoms with Crippen molar-refractivity contribution in [3.05, 3.63) is 42.5 Å². The van der Waals surface area contributed by atoms with Crippen LogP contribution in [0.25, 0.3) is 10.8 Å². The van der Waals surface area contributed by atoms with Gasteiger partial charge in [-0.25, -0.2) is 17.9 Å². The third kappa shape index (κ3) is 5.76. The summed E-state index contributed by atoms with van der Waals surface area (Å²) in [5.74, 6) is -1.67. The lowest BCUT2D eigenvalue weighted by Gasteiger charge is -2.12. The molecular formula is C17H19N3O6S. The second-order valence-corrected chi connectivity index (χ2v) is 7.41. The third-order valence-electron chi connectivity index (χ3n) is 3.58. The van der Waals surface area contributed by atoms with Crippen LogP contribution in [0, 0.1) is 0 Å². The molecule has 0 aliphatic heterocycles. The number of benzene rings is 2. The van der Waals surface area contributed by atoms with E-state index in [1.807, 2.05) is 12.1 Å². The van der Waals surface area contributed by atoms with E-state index in [1.165, 1.54) is 19.1 Å². The number of carbonyl (C=O) groups is 3. The monoisotopic (exact) mass is 393 g/mol. The highest BCUT2D eigenvalue weighted by atomic mass is 32.2. The Morgan fingerprint density at radius 2 is 1.78 bits per heavy atom. The molecule has 2 aromatic carbocycles. The van der Waals surface area contributed by atoms with Crippen molar-refractivity contribution in [2.45, 2.75) is 24.3 Å². The Balaban J connectivity index is 1.90. The maximum Gasteiger partial charge on any atom is 0.318 e. The normalized spacial score (nSPS) is 12.3. The SMILES string of the molecule is CC(OC(=O)CCNS(=O)(=O)c1ccc2ccccc2c1)C(=O)NC(N)=O. The largest absolute Gasteiger partial charge is 0.452 e. The number of hydrogen-bond acceptors (Lipinski definition) is 6. The fraction of sp³-hybridized carbons (Fsp3) is 0.235. The van der Waals surface area contributed by atoms with Crippen molar-refractivity contribution in [3.8, 4) is 0 Å². The van der Waals surface area contributed by atoms with Crippen molar-refractivity contribution >= 4 is 38.7 Å². The van der Waals surface area contributed by atoms with Gasteiger partial charge in [0, 0.05) is 6.54 Å². The first-order chi connectivity index (χ1) is 12.7. The number of carbonyl (C=O) groups excluding carboxylic acids is 3. The summed E-state index contributed by atoms with van der Waals surface area (Å²) in [5.41, 5.74) is 4.79. The predicted molar refractivity (Wildman–Crippen MR) is 97.0 cm³/mol. The van der Waals surface area contributed by atoms with Gasteiger partial charge in [0.05, 0.1) is 11.3 Å². The molecule has 0 saturated carbocycles. The second-order valence-electron chi connectivity index (χ2n) is 5.64. The minimum atomic E-state index is -3.81. The average Bonchev–Trinajstić information content (AvgIpc) is 2.60. The predicted octanol–water partition coefficient (Wildman–Crippen LogP) is 0.635. The van der Waals surface area contributed by atoms with Crippen LogP contribution in [0.2, 0.25) is 0 Å². The molecule has 4 N–H and O–H groups in total. The zero-order valence-corrected chi connectivity index (χ0v) is 15.3. The number of fused-ring (bicyclic) bond motifs is 1. The van der Waals surface area contributed by atoms with Gasteiger partial charge in [-0.15, -0.1) is 0 Å². The molecule has 0 heterocycles. The molecular weight excluding hydrogens is 374 g/mol. The van der Waals surface area contributed by atoms with Crippen LogP contribution in [-0.4, -0.2) is 39.0 Å². The Morgan fingerprint density at radius 3 is 2.44 bits per heavy atom. The number of sulfonamides is 1. The third-order valence-corrected chi connectivity index (χ3v) is 5.03. The van der Waals surface area contributed by atoms with E-state index in [4.69, 9.17) is 10.5 Å². The summed E-state index contributed by atoms with van der Waals surface area (Å²) < 4.78 is 31.8. The first kappa shape index (κ1) is 20.3. The van der Waals surface area contributed by atoms with Crippen LogP contribution < -0.4 is 15.8 Å². The molecule has 2 aromatic rings. The topological polar surface area (TPSA) is 145 Å². The molecule has 10 heteroatoms. The number of imide groups is 1. The summed E-state index contributed by atoms with van der Waals surface area (Å²) in [7, 11) is -3.81. The van der Waals surface area contributed by atoms with Crippen LogP contribution in [0.3, 0.4) is 0 Å². The number of urea groups is 1. The number of hydrogen-bond donors (Lipinski definition) is 3. The van der Waals surface area contributed by atoms with Crippen molar-refractivity contribution in [2.24, 2.45) is 5.73 Å². The Labute approximate surface area is 155 Å². The van der Waals surface area contributed by atoms with Gasteiger partial charge in [-0.2, -0.15) is 0 Å². The van der Waals surface area contributed by atoms with Crippen LogP contribution >= 0.6 is 0 Å². The van der Waals surface area contributed by atoms with E-state index in [-0.39, 0.29) is 17.9 Å². The van der Waals surface area contributed by atoms with Crippen LogP contribution in [-0.2, 0) is 24.3 Å². The van der Waals surface area contributed by atoms with E-state index in [0.717, 1.165) is 10.8 Å². The number of ether oxygens (including phenoxy) is 1. The number of nitrogens with two attached hydrogens (primary N) is 1. The number of primary amides is 1. The Bertz CT molecular complexity index is 974. The summed E-state index contributed by atoms with van der Waals surface area (Å²) in [6.07, 6.45) is -1.52. The molecule has 0 radical (unpaired) electrons. The summed E-state index contributed by atoms with van der Waals surface area (Å²) >= 11 is 0. The lowest BCUT2D eigenvalue weighted by atomic mass is 10.1. The van der Waals surface area contributed by atoms with Gasteiger partial charge < -0.3 is 10.5 Å². The molecule has 144 valence electrons. The van der Waals surface area contributed by atoms with E-state index < -0.39 is 34.0 Å². The van der Waals surface area contributed by atoms with Crippen LogP contribution in [0.1, 0.15) is 13.3 Å². The lowest BCUT2D eigenvalue weighted by Crippen LogP contribution is -2.42. The van der Waals surface area contributed by atoms with E-state index in [1.54, 1.807) is 23.5 Å². The maximum atomic E-state index is 12.3.